The number of nitrogens with zero attached hydrogens (tertiary/aromatic N) is 3. The van der Waals surface area contributed by atoms with Crippen molar-refractivity contribution < 1.29 is 18.4 Å². The second-order valence-corrected chi connectivity index (χ2v) is 9.59. The number of carbonyl (C=O) groups excluding carboxylic acids is 2. The van der Waals surface area contributed by atoms with Crippen molar-refractivity contribution in [2.45, 2.75) is 94.2 Å². The van der Waals surface area contributed by atoms with E-state index >= 15 is 0 Å². The van der Waals surface area contributed by atoms with Crippen LogP contribution in [0.1, 0.15) is 81.0 Å². The zero-order valence-electron chi connectivity index (χ0n) is 18.1. The highest BCUT2D eigenvalue weighted by atomic mass is 19.3. The molecule has 0 unspecified atom stereocenters. The maximum absolute atomic E-state index is 13.4. The number of nitrogens with two attached hydrogens (primary N) is 1. The fraction of sp³-hybridized carbons (Fsp3) is 0.727. The van der Waals surface area contributed by atoms with E-state index in [0.29, 0.717) is 25.7 Å². The van der Waals surface area contributed by atoms with Crippen LogP contribution in [0.3, 0.4) is 0 Å². The molecule has 8 nitrogen and oxygen atoms in total. The van der Waals surface area contributed by atoms with Crippen LogP contribution in [0, 0.1) is 17.2 Å². The van der Waals surface area contributed by atoms with Crippen LogP contribution in [0.4, 0.5) is 14.6 Å². The summed E-state index contributed by atoms with van der Waals surface area (Å²) >= 11 is 0. The summed E-state index contributed by atoms with van der Waals surface area (Å²) in [6.07, 6.45) is 7.03. The van der Waals surface area contributed by atoms with Crippen molar-refractivity contribution in [1.29, 1.82) is 5.26 Å². The Morgan fingerprint density at radius 1 is 1.12 bits per heavy atom. The van der Waals surface area contributed by atoms with Crippen LogP contribution in [0.15, 0.2) is 6.20 Å². The summed E-state index contributed by atoms with van der Waals surface area (Å²) in [6, 6.07) is 2.53. The molecule has 0 radical (unpaired) electrons. The SMILES string of the molecule is N#CCC1(n2cc(C(N)=O)c(NC(=O)C3CC3)n2)CCC(NC2CCC(F)(F)CC2)CC1. The third kappa shape index (κ3) is 4.93. The maximum Gasteiger partial charge on any atom is 0.254 e. The molecule has 1 aromatic rings. The summed E-state index contributed by atoms with van der Waals surface area (Å²) < 4.78 is 28.5. The minimum atomic E-state index is -2.54. The Kier molecular flexibility index (Phi) is 6.21. The fourth-order valence-electron chi connectivity index (χ4n) is 4.95. The molecule has 3 aliphatic rings. The van der Waals surface area contributed by atoms with Crippen LogP contribution < -0.4 is 16.4 Å². The van der Waals surface area contributed by atoms with E-state index in [2.05, 4.69) is 21.8 Å². The second-order valence-electron chi connectivity index (χ2n) is 9.59. The summed E-state index contributed by atoms with van der Waals surface area (Å²) in [6.45, 7) is 0. The zero-order valence-corrected chi connectivity index (χ0v) is 18.1. The van der Waals surface area contributed by atoms with Gasteiger partial charge in [0.2, 0.25) is 11.8 Å². The molecule has 2 amide bonds. The largest absolute Gasteiger partial charge is 0.365 e. The molecule has 0 saturated heterocycles. The first-order valence-corrected chi connectivity index (χ1v) is 11.4. The number of primary amides is 1. The number of rotatable bonds is 7. The van der Waals surface area contributed by atoms with Crippen LogP contribution in [-0.2, 0) is 10.3 Å². The van der Waals surface area contributed by atoms with Crippen molar-refractivity contribution in [2.24, 2.45) is 11.7 Å². The van der Waals surface area contributed by atoms with Gasteiger partial charge in [0, 0.05) is 37.0 Å². The smallest absolute Gasteiger partial charge is 0.254 e. The number of amides is 2. The summed E-state index contributed by atoms with van der Waals surface area (Å²) in [5.74, 6) is -3.29. The van der Waals surface area contributed by atoms with Gasteiger partial charge in [-0.3, -0.25) is 14.3 Å². The normalized spacial score (nSPS) is 28.1. The van der Waals surface area contributed by atoms with Crippen molar-refractivity contribution in [2.75, 3.05) is 5.32 Å². The van der Waals surface area contributed by atoms with Crippen LogP contribution in [0.5, 0.6) is 0 Å². The van der Waals surface area contributed by atoms with Crippen molar-refractivity contribution in [3.05, 3.63) is 11.8 Å². The predicted octanol–water partition coefficient (Wildman–Crippen LogP) is 3.05. The molecule has 0 aliphatic heterocycles. The molecule has 32 heavy (non-hydrogen) atoms. The number of halogens is 2. The van der Waals surface area contributed by atoms with Gasteiger partial charge in [-0.2, -0.15) is 10.4 Å². The van der Waals surface area contributed by atoms with E-state index in [9.17, 15) is 23.6 Å². The first-order chi connectivity index (χ1) is 15.2. The first kappa shape index (κ1) is 22.6. The average Bonchev–Trinajstić information content (AvgIpc) is 3.51. The molecular weight excluding hydrogens is 418 g/mol. The van der Waals surface area contributed by atoms with Crippen LogP contribution in [0.2, 0.25) is 0 Å². The number of aromatic nitrogens is 2. The van der Waals surface area contributed by atoms with E-state index in [-0.39, 0.29) is 54.6 Å². The molecule has 0 bridgehead atoms. The van der Waals surface area contributed by atoms with Gasteiger partial charge in [0.15, 0.2) is 5.82 Å². The lowest BCUT2D eigenvalue weighted by Gasteiger charge is -2.41. The number of alkyl halides is 2. The Morgan fingerprint density at radius 2 is 1.72 bits per heavy atom. The molecule has 3 saturated carbocycles. The molecule has 10 heteroatoms. The number of hydrogen-bond donors (Lipinski definition) is 3. The van der Waals surface area contributed by atoms with Gasteiger partial charge in [0.25, 0.3) is 5.91 Å². The Hall–Kier alpha value is -2.54. The highest BCUT2D eigenvalue weighted by Gasteiger charge is 2.41. The van der Waals surface area contributed by atoms with Gasteiger partial charge in [-0.1, -0.05) is 0 Å². The minimum absolute atomic E-state index is 0.0461. The monoisotopic (exact) mass is 448 g/mol. The third-order valence-electron chi connectivity index (χ3n) is 7.17. The van der Waals surface area contributed by atoms with Gasteiger partial charge in [-0.25, -0.2) is 8.78 Å². The molecule has 3 fully saturated rings. The molecule has 0 aromatic carbocycles. The third-order valence-corrected chi connectivity index (χ3v) is 7.17. The Balaban J connectivity index is 1.45. The van der Waals surface area contributed by atoms with E-state index in [1.807, 2.05) is 0 Å². The molecule has 1 aromatic heterocycles. The second kappa shape index (κ2) is 8.77. The number of anilines is 1. The average molecular weight is 449 g/mol. The Labute approximate surface area is 185 Å². The molecule has 0 spiro atoms. The number of nitriles is 1. The Morgan fingerprint density at radius 3 is 2.25 bits per heavy atom. The quantitative estimate of drug-likeness (QED) is 0.591. The van der Waals surface area contributed by atoms with E-state index in [0.717, 1.165) is 25.7 Å². The van der Waals surface area contributed by atoms with Crippen molar-refractivity contribution in [3.8, 4) is 6.07 Å². The summed E-state index contributed by atoms with van der Waals surface area (Å²) in [5.41, 5.74) is 5.06. The molecule has 0 atom stereocenters. The van der Waals surface area contributed by atoms with Crippen LogP contribution in [-0.4, -0.2) is 39.6 Å². The highest BCUT2D eigenvalue weighted by Crippen LogP contribution is 2.40. The highest BCUT2D eigenvalue weighted by molar-refractivity contribution is 6.02. The van der Waals surface area contributed by atoms with Gasteiger partial charge < -0.3 is 16.4 Å². The van der Waals surface area contributed by atoms with Gasteiger partial charge in [-0.05, 0) is 51.4 Å². The summed E-state index contributed by atoms with van der Waals surface area (Å²) in [5, 5.41) is 20.2. The molecule has 3 aliphatic carbocycles. The molecule has 174 valence electrons. The molecule has 4 rings (SSSR count). The topological polar surface area (TPSA) is 126 Å². The maximum atomic E-state index is 13.4. The lowest BCUT2D eigenvalue weighted by Crippen LogP contribution is -2.47. The van der Waals surface area contributed by atoms with Crippen molar-refractivity contribution >= 4 is 17.6 Å². The van der Waals surface area contributed by atoms with Gasteiger partial charge in [0.05, 0.1) is 18.0 Å². The lowest BCUT2D eigenvalue weighted by atomic mass is 9.77. The Bertz CT molecular complexity index is 902. The standard InChI is InChI=1S/C22H30F2N6O2/c23-22(24)9-5-16(6-10-22)27-15-3-7-21(8-4-15,11-12-25)30-13-17(18(26)31)19(29-30)28-20(32)14-1-2-14/h13-16,27H,1-11H2,(H2,26,31)(H,28,29,32). The van der Waals surface area contributed by atoms with Gasteiger partial charge in [-0.15, -0.1) is 0 Å². The first-order valence-electron chi connectivity index (χ1n) is 11.4. The van der Waals surface area contributed by atoms with Crippen LogP contribution in [0.25, 0.3) is 0 Å². The molecule has 1 heterocycles. The van der Waals surface area contributed by atoms with Crippen molar-refractivity contribution in [1.82, 2.24) is 15.1 Å². The fourth-order valence-corrected chi connectivity index (χ4v) is 4.95. The van der Waals surface area contributed by atoms with Gasteiger partial charge in [0.1, 0.15) is 5.56 Å². The molecular formula is C22H30F2N6O2. The zero-order chi connectivity index (χ0) is 22.9. The van der Waals surface area contributed by atoms with Crippen LogP contribution >= 0.6 is 0 Å². The summed E-state index contributed by atoms with van der Waals surface area (Å²) in [7, 11) is 0. The predicted molar refractivity (Wildman–Crippen MR) is 113 cm³/mol. The van der Waals surface area contributed by atoms with E-state index in [1.165, 1.54) is 0 Å². The minimum Gasteiger partial charge on any atom is -0.365 e. The number of carbonyl (C=O) groups is 2. The molecule has 4 N–H and O–H groups in total. The lowest BCUT2D eigenvalue weighted by molar-refractivity contribution is -0.117. The van der Waals surface area contributed by atoms with Gasteiger partial charge >= 0.3 is 0 Å². The summed E-state index contributed by atoms with van der Waals surface area (Å²) in [4.78, 5) is 24.1. The van der Waals surface area contributed by atoms with Crippen molar-refractivity contribution in [3.63, 3.8) is 0 Å². The number of nitrogens with one attached hydrogen (secondary N) is 2. The van der Waals surface area contributed by atoms with E-state index < -0.39 is 17.4 Å². The van der Waals surface area contributed by atoms with E-state index in [1.54, 1.807) is 10.9 Å². The number of hydrogen-bond acceptors (Lipinski definition) is 5. The van der Waals surface area contributed by atoms with E-state index in [4.69, 9.17) is 5.73 Å².